The van der Waals surface area contributed by atoms with Crippen LogP contribution in [0.1, 0.15) is 49.4 Å². The number of benzene rings is 1. The van der Waals surface area contributed by atoms with Crippen molar-refractivity contribution in [2.75, 3.05) is 12.3 Å². The Hall–Kier alpha value is -1.65. The maximum Gasteiger partial charge on any atom is 0.260 e. The lowest BCUT2D eigenvalue weighted by molar-refractivity contribution is 0.0668. The Morgan fingerprint density at radius 2 is 2.10 bits per heavy atom. The molecule has 20 heavy (non-hydrogen) atoms. The van der Waals surface area contributed by atoms with Crippen LogP contribution in [-0.2, 0) is 0 Å². The van der Waals surface area contributed by atoms with Crippen molar-refractivity contribution in [1.82, 2.24) is 4.90 Å². The molecule has 0 radical (unpaired) electrons. The molecule has 0 aromatic heterocycles. The molecule has 110 valence electrons. The molecule has 1 fully saturated rings. The fourth-order valence-corrected chi connectivity index (χ4v) is 2.78. The van der Waals surface area contributed by atoms with E-state index in [-0.39, 0.29) is 11.7 Å². The van der Waals surface area contributed by atoms with Crippen molar-refractivity contribution in [3.8, 4) is 0 Å². The van der Waals surface area contributed by atoms with Crippen molar-refractivity contribution < 1.29 is 13.6 Å². The second-order valence-electron chi connectivity index (χ2n) is 5.24. The van der Waals surface area contributed by atoms with Crippen LogP contribution < -0.4 is 5.73 Å². The summed E-state index contributed by atoms with van der Waals surface area (Å²) >= 11 is 0. The summed E-state index contributed by atoms with van der Waals surface area (Å²) in [7, 11) is 0. The molecule has 1 amide bonds. The Morgan fingerprint density at radius 3 is 2.80 bits per heavy atom. The second-order valence-corrected chi connectivity index (χ2v) is 5.24. The number of hydrogen-bond acceptors (Lipinski definition) is 2. The Bertz CT molecular complexity index is 505. The zero-order valence-electron chi connectivity index (χ0n) is 11.7. The van der Waals surface area contributed by atoms with E-state index < -0.39 is 23.1 Å². The molecule has 1 unspecified atom stereocenters. The number of rotatable bonds is 2. The van der Waals surface area contributed by atoms with Crippen LogP contribution in [0.5, 0.6) is 0 Å². The van der Waals surface area contributed by atoms with Crippen molar-refractivity contribution in [1.29, 1.82) is 0 Å². The molecular formula is C15H20F2N2O. The van der Waals surface area contributed by atoms with Gasteiger partial charge in [0.05, 0.1) is 5.69 Å². The molecule has 1 aromatic rings. The van der Waals surface area contributed by atoms with Gasteiger partial charge in [0, 0.05) is 12.6 Å². The van der Waals surface area contributed by atoms with E-state index in [4.69, 9.17) is 5.73 Å². The molecular weight excluding hydrogens is 262 g/mol. The number of likely N-dealkylation sites (tertiary alicyclic amines) is 1. The molecule has 1 heterocycles. The number of halogens is 2. The van der Waals surface area contributed by atoms with Crippen molar-refractivity contribution in [3.63, 3.8) is 0 Å². The summed E-state index contributed by atoms with van der Waals surface area (Å²) in [6, 6.07) is 2.23. The fourth-order valence-electron chi connectivity index (χ4n) is 2.78. The number of nitrogen functional groups attached to an aromatic ring is 1. The van der Waals surface area contributed by atoms with Gasteiger partial charge >= 0.3 is 0 Å². The van der Waals surface area contributed by atoms with Crippen molar-refractivity contribution in [2.24, 2.45) is 0 Å². The number of anilines is 1. The molecule has 5 heteroatoms. The number of nitrogens with zero attached hydrogens (tertiary/aromatic N) is 1. The van der Waals surface area contributed by atoms with Crippen LogP contribution in [0.15, 0.2) is 12.1 Å². The van der Waals surface area contributed by atoms with Crippen molar-refractivity contribution in [3.05, 3.63) is 29.3 Å². The van der Waals surface area contributed by atoms with E-state index in [1.54, 1.807) is 4.90 Å². The molecule has 1 atom stereocenters. The molecule has 0 saturated carbocycles. The largest absolute Gasteiger partial charge is 0.396 e. The summed E-state index contributed by atoms with van der Waals surface area (Å²) in [4.78, 5) is 14.1. The molecule has 1 saturated heterocycles. The van der Waals surface area contributed by atoms with E-state index >= 15 is 0 Å². The summed E-state index contributed by atoms with van der Waals surface area (Å²) < 4.78 is 27.8. The van der Waals surface area contributed by atoms with Crippen LogP contribution in [0.2, 0.25) is 0 Å². The average Bonchev–Trinajstić information content (AvgIpc) is 2.68. The average molecular weight is 282 g/mol. The first-order valence-corrected chi connectivity index (χ1v) is 7.10. The molecule has 2 rings (SSSR count). The minimum atomic E-state index is -0.950. The Morgan fingerprint density at radius 1 is 1.35 bits per heavy atom. The van der Waals surface area contributed by atoms with Crippen molar-refractivity contribution in [2.45, 2.75) is 45.1 Å². The number of amides is 1. The molecule has 1 aliphatic heterocycles. The van der Waals surface area contributed by atoms with E-state index in [0.717, 1.165) is 44.2 Å². The standard InChI is InChI=1S/C15H20F2N2O/c1-2-10-6-4-3-5-9-19(10)15(20)13-11(16)7-8-12(18)14(13)17/h7-8,10H,2-6,9,18H2,1H3. The molecule has 0 aliphatic carbocycles. The predicted octanol–water partition coefficient (Wildman–Crippen LogP) is 3.34. The van der Waals surface area contributed by atoms with Gasteiger partial charge < -0.3 is 10.6 Å². The van der Waals surface area contributed by atoms with E-state index in [1.165, 1.54) is 0 Å². The molecule has 2 N–H and O–H groups in total. The van der Waals surface area contributed by atoms with Gasteiger partial charge in [0.1, 0.15) is 11.4 Å². The third kappa shape index (κ3) is 2.76. The van der Waals surface area contributed by atoms with Gasteiger partial charge in [-0.05, 0) is 31.4 Å². The van der Waals surface area contributed by atoms with E-state index in [0.29, 0.717) is 6.54 Å². The van der Waals surface area contributed by atoms with Crippen LogP contribution in [-0.4, -0.2) is 23.4 Å². The highest BCUT2D eigenvalue weighted by molar-refractivity contribution is 5.96. The second kappa shape index (κ2) is 6.20. The van der Waals surface area contributed by atoms with Gasteiger partial charge in [0.15, 0.2) is 5.82 Å². The van der Waals surface area contributed by atoms with Crippen LogP contribution in [0.3, 0.4) is 0 Å². The van der Waals surface area contributed by atoms with Crippen LogP contribution in [0.4, 0.5) is 14.5 Å². The van der Waals surface area contributed by atoms with Crippen LogP contribution >= 0.6 is 0 Å². The topological polar surface area (TPSA) is 46.3 Å². The minimum Gasteiger partial charge on any atom is -0.396 e. The van der Waals surface area contributed by atoms with Gasteiger partial charge in [0.25, 0.3) is 5.91 Å². The van der Waals surface area contributed by atoms with E-state index in [1.807, 2.05) is 6.92 Å². The van der Waals surface area contributed by atoms with Gasteiger partial charge in [-0.3, -0.25) is 4.79 Å². The highest BCUT2D eigenvalue weighted by Gasteiger charge is 2.29. The highest BCUT2D eigenvalue weighted by Crippen LogP contribution is 2.25. The fraction of sp³-hybridized carbons (Fsp3) is 0.533. The molecule has 1 aromatic carbocycles. The lowest BCUT2D eigenvalue weighted by atomic mass is 10.1. The molecule has 0 bridgehead atoms. The lowest BCUT2D eigenvalue weighted by Gasteiger charge is -2.29. The minimum absolute atomic E-state index is 0.0465. The summed E-state index contributed by atoms with van der Waals surface area (Å²) in [5.41, 5.74) is 4.72. The Kier molecular flexibility index (Phi) is 4.57. The highest BCUT2D eigenvalue weighted by atomic mass is 19.1. The summed E-state index contributed by atoms with van der Waals surface area (Å²) in [6.07, 6.45) is 4.63. The van der Waals surface area contributed by atoms with E-state index in [9.17, 15) is 13.6 Å². The van der Waals surface area contributed by atoms with Gasteiger partial charge in [-0.1, -0.05) is 19.8 Å². The van der Waals surface area contributed by atoms with Crippen LogP contribution in [0, 0.1) is 11.6 Å². The molecule has 0 spiro atoms. The van der Waals surface area contributed by atoms with Gasteiger partial charge in [-0.15, -0.1) is 0 Å². The SMILES string of the molecule is CCC1CCCCCN1C(=O)c1c(F)ccc(N)c1F. The zero-order valence-corrected chi connectivity index (χ0v) is 11.7. The summed E-state index contributed by atoms with van der Waals surface area (Å²) in [5, 5.41) is 0. The smallest absolute Gasteiger partial charge is 0.260 e. The summed E-state index contributed by atoms with van der Waals surface area (Å²) in [5.74, 6) is -2.38. The normalized spacial score (nSPS) is 19.8. The number of carbonyl (C=O) groups excluding carboxylic acids is 1. The molecule has 3 nitrogen and oxygen atoms in total. The lowest BCUT2D eigenvalue weighted by Crippen LogP contribution is -2.40. The maximum absolute atomic E-state index is 14.0. The first kappa shape index (κ1) is 14.8. The van der Waals surface area contributed by atoms with E-state index in [2.05, 4.69) is 0 Å². The Balaban J connectivity index is 2.36. The van der Waals surface area contributed by atoms with Gasteiger partial charge in [0.2, 0.25) is 0 Å². The number of carbonyl (C=O) groups is 1. The number of nitrogens with two attached hydrogens (primary N) is 1. The molecule has 1 aliphatic rings. The first-order valence-electron chi connectivity index (χ1n) is 7.10. The monoisotopic (exact) mass is 282 g/mol. The predicted molar refractivity (Wildman–Crippen MR) is 74.4 cm³/mol. The number of hydrogen-bond donors (Lipinski definition) is 1. The zero-order chi connectivity index (χ0) is 14.7. The maximum atomic E-state index is 14.0. The third-order valence-corrected chi connectivity index (χ3v) is 3.94. The summed E-state index contributed by atoms with van der Waals surface area (Å²) in [6.45, 7) is 2.54. The quantitative estimate of drug-likeness (QED) is 0.846. The third-order valence-electron chi connectivity index (χ3n) is 3.94. The van der Waals surface area contributed by atoms with Crippen molar-refractivity contribution >= 4 is 11.6 Å². The van der Waals surface area contributed by atoms with Gasteiger partial charge in [-0.2, -0.15) is 0 Å². The Labute approximate surface area is 117 Å². The first-order chi connectivity index (χ1) is 9.56. The van der Waals surface area contributed by atoms with Gasteiger partial charge in [-0.25, -0.2) is 8.78 Å². The van der Waals surface area contributed by atoms with Crippen LogP contribution in [0.25, 0.3) is 0 Å².